The Morgan fingerprint density at radius 1 is 1.13 bits per heavy atom. The predicted octanol–water partition coefficient (Wildman–Crippen LogP) is 5.86. The van der Waals surface area contributed by atoms with E-state index in [9.17, 15) is 4.57 Å². The van der Waals surface area contributed by atoms with Gasteiger partial charge in [-0.15, -0.1) is 0 Å². The van der Waals surface area contributed by atoms with Gasteiger partial charge in [-0.1, -0.05) is 44.2 Å². The first-order valence-corrected chi connectivity index (χ1v) is 12.6. The summed E-state index contributed by atoms with van der Waals surface area (Å²) in [5.74, 6) is 1.10. The summed E-state index contributed by atoms with van der Waals surface area (Å²) in [6.45, 7) is 9.48. The van der Waals surface area contributed by atoms with E-state index in [0.29, 0.717) is 19.8 Å². The maximum absolute atomic E-state index is 13.1. The number of nitrogens with zero attached hydrogens (tertiary/aromatic N) is 1. The molecule has 2 aliphatic rings. The molecule has 31 heavy (non-hydrogen) atoms. The average Bonchev–Trinajstić information content (AvgIpc) is 2.74. The molecule has 0 saturated carbocycles. The van der Waals surface area contributed by atoms with Crippen LogP contribution < -0.4 is 9.80 Å². The summed E-state index contributed by atoms with van der Waals surface area (Å²) in [4.78, 5) is 5.93. The van der Waals surface area contributed by atoms with Crippen molar-refractivity contribution in [3.8, 4) is 5.75 Å². The number of para-hydroxylation sites is 1. The quantitative estimate of drug-likeness (QED) is 0.498. The first-order valence-electron chi connectivity index (χ1n) is 10.9. The predicted molar refractivity (Wildman–Crippen MR) is 122 cm³/mol. The lowest BCUT2D eigenvalue weighted by molar-refractivity contribution is 0.0441. The van der Waals surface area contributed by atoms with Crippen LogP contribution in [0, 0.1) is 5.92 Å². The SMILES string of the molecule is CCOP(=O)(Cc1ccc2c(c1)C(C)(C)C1COc3ccccc3C1N2OC)OCC. The molecule has 2 unspecified atom stereocenters. The van der Waals surface area contributed by atoms with Crippen LogP contribution >= 0.6 is 7.60 Å². The highest BCUT2D eigenvalue weighted by molar-refractivity contribution is 7.53. The minimum absolute atomic E-state index is 0.0567. The molecule has 4 rings (SSSR count). The fourth-order valence-electron chi connectivity index (χ4n) is 4.93. The molecule has 0 fully saturated rings. The smallest absolute Gasteiger partial charge is 0.335 e. The van der Waals surface area contributed by atoms with Gasteiger partial charge in [0.25, 0.3) is 0 Å². The number of hydroxylamine groups is 1. The van der Waals surface area contributed by atoms with E-state index in [1.165, 1.54) is 0 Å². The zero-order valence-corrected chi connectivity index (χ0v) is 19.9. The Balaban J connectivity index is 1.77. The first-order chi connectivity index (χ1) is 14.8. The molecule has 6 nitrogen and oxygen atoms in total. The molecule has 0 N–H and O–H groups in total. The lowest BCUT2D eigenvalue weighted by Crippen LogP contribution is -2.51. The van der Waals surface area contributed by atoms with E-state index in [1.807, 2.05) is 43.2 Å². The third kappa shape index (κ3) is 3.91. The molecular weight excluding hydrogens is 413 g/mol. The van der Waals surface area contributed by atoms with E-state index in [2.05, 4.69) is 32.0 Å². The molecule has 0 aromatic heterocycles. The van der Waals surface area contributed by atoms with Crippen molar-refractivity contribution >= 4 is 13.3 Å². The number of hydrogen-bond acceptors (Lipinski definition) is 6. The third-order valence-electron chi connectivity index (χ3n) is 6.43. The van der Waals surface area contributed by atoms with Gasteiger partial charge in [0.2, 0.25) is 0 Å². The van der Waals surface area contributed by atoms with Crippen LogP contribution in [0.2, 0.25) is 0 Å². The molecule has 7 heteroatoms. The van der Waals surface area contributed by atoms with Crippen LogP contribution in [0.3, 0.4) is 0 Å². The Labute approximate surface area is 184 Å². The minimum atomic E-state index is -3.18. The topological polar surface area (TPSA) is 57.2 Å². The number of hydrogen-bond donors (Lipinski definition) is 0. The van der Waals surface area contributed by atoms with Crippen molar-refractivity contribution in [3.05, 3.63) is 59.2 Å². The summed E-state index contributed by atoms with van der Waals surface area (Å²) in [7, 11) is -1.47. The van der Waals surface area contributed by atoms with Crippen molar-refractivity contribution in [3.63, 3.8) is 0 Å². The Hall–Kier alpha value is -1.85. The van der Waals surface area contributed by atoms with Gasteiger partial charge in [0.15, 0.2) is 0 Å². The largest absolute Gasteiger partial charge is 0.493 e. The van der Waals surface area contributed by atoms with Crippen molar-refractivity contribution in [2.24, 2.45) is 5.92 Å². The lowest BCUT2D eigenvalue weighted by Gasteiger charge is -2.52. The van der Waals surface area contributed by atoms with E-state index in [-0.39, 0.29) is 23.5 Å². The van der Waals surface area contributed by atoms with E-state index in [4.69, 9.17) is 18.6 Å². The first kappa shape index (κ1) is 22.3. The van der Waals surface area contributed by atoms with E-state index < -0.39 is 7.60 Å². The molecule has 168 valence electrons. The second-order valence-electron chi connectivity index (χ2n) is 8.59. The molecule has 0 radical (unpaired) electrons. The van der Waals surface area contributed by atoms with Gasteiger partial charge in [0.05, 0.1) is 44.8 Å². The van der Waals surface area contributed by atoms with Crippen LogP contribution in [0.5, 0.6) is 5.75 Å². The molecule has 0 bridgehead atoms. The molecule has 2 aromatic rings. The van der Waals surface area contributed by atoms with Gasteiger partial charge in [-0.05, 0) is 37.1 Å². The third-order valence-corrected chi connectivity index (χ3v) is 8.49. The highest BCUT2D eigenvalue weighted by Gasteiger charge is 2.50. The lowest BCUT2D eigenvalue weighted by atomic mass is 9.65. The number of fused-ring (bicyclic) bond motifs is 4. The monoisotopic (exact) mass is 445 g/mol. The molecule has 0 amide bonds. The van der Waals surface area contributed by atoms with Crippen LogP contribution in [0.4, 0.5) is 5.69 Å². The Bertz CT molecular complexity index is 982. The van der Waals surface area contributed by atoms with Crippen molar-refractivity contribution in [1.82, 2.24) is 0 Å². The van der Waals surface area contributed by atoms with Gasteiger partial charge >= 0.3 is 7.60 Å². The average molecular weight is 445 g/mol. The van der Waals surface area contributed by atoms with Crippen molar-refractivity contribution in [2.45, 2.75) is 45.3 Å². The molecule has 0 saturated heterocycles. The maximum atomic E-state index is 13.1. The number of benzene rings is 2. The summed E-state index contributed by atoms with van der Waals surface area (Å²) >= 11 is 0. The van der Waals surface area contributed by atoms with Crippen LogP contribution in [0.1, 0.15) is 50.4 Å². The number of ether oxygens (including phenoxy) is 1. The van der Waals surface area contributed by atoms with Gasteiger partial charge in [-0.25, -0.2) is 5.06 Å². The van der Waals surface area contributed by atoms with Gasteiger partial charge in [0.1, 0.15) is 5.75 Å². The molecule has 2 aliphatic heterocycles. The summed E-state index contributed by atoms with van der Waals surface area (Å²) in [6.07, 6.45) is 0.248. The van der Waals surface area contributed by atoms with Gasteiger partial charge in [-0.2, -0.15) is 0 Å². The second-order valence-corrected chi connectivity index (χ2v) is 10.6. The van der Waals surface area contributed by atoms with Crippen molar-refractivity contribution < 1.29 is 23.2 Å². The standard InChI is InChI=1S/C24H32NO5P/c1-6-29-31(26,30-7-2)16-17-12-13-21-19(14-17)24(3,4)20-15-28-22-11-9-8-10-18(22)23(20)25(21)27-5/h8-14,20,23H,6-7,15-16H2,1-5H3. The summed E-state index contributed by atoms with van der Waals surface area (Å²) in [6, 6.07) is 14.4. The van der Waals surface area contributed by atoms with Gasteiger partial charge < -0.3 is 13.8 Å². The Morgan fingerprint density at radius 3 is 2.52 bits per heavy atom. The Morgan fingerprint density at radius 2 is 1.84 bits per heavy atom. The highest BCUT2D eigenvalue weighted by atomic mass is 31.2. The number of anilines is 1. The Kier molecular flexibility index (Phi) is 6.19. The van der Waals surface area contributed by atoms with E-state index in [1.54, 1.807) is 7.11 Å². The number of rotatable bonds is 7. The second kappa shape index (κ2) is 8.59. The highest BCUT2D eigenvalue weighted by Crippen LogP contribution is 2.56. The van der Waals surface area contributed by atoms with Crippen LogP contribution in [-0.2, 0) is 30.0 Å². The van der Waals surface area contributed by atoms with Crippen molar-refractivity contribution in [2.75, 3.05) is 32.0 Å². The van der Waals surface area contributed by atoms with E-state index in [0.717, 1.165) is 28.1 Å². The van der Waals surface area contributed by atoms with Crippen LogP contribution in [-0.4, -0.2) is 26.9 Å². The molecule has 0 aliphatic carbocycles. The molecule has 2 aromatic carbocycles. The van der Waals surface area contributed by atoms with E-state index >= 15 is 0 Å². The molecular formula is C24H32NO5P. The molecule has 2 atom stereocenters. The zero-order valence-electron chi connectivity index (χ0n) is 19.0. The fraction of sp³-hybridized carbons (Fsp3) is 0.500. The zero-order chi connectivity index (χ0) is 22.2. The minimum Gasteiger partial charge on any atom is -0.493 e. The fourth-order valence-corrected chi connectivity index (χ4v) is 6.62. The summed E-state index contributed by atoms with van der Waals surface area (Å²) in [5, 5.41) is 2.00. The summed E-state index contributed by atoms with van der Waals surface area (Å²) < 4.78 is 30.3. The maximum Gasteiger partial charge on any atom is 0.335 e. The molecule has 0 spiro atoms. The van der Waals surface area contributed by atoms with Gasteiger partial charge in [-0.3, -0.25) is 9.40 Å². The van der Waals surface area contributed by atoms with Gasteiger partial charge in [0, 0.05) is 16.9 Å². The molecule has 2 heterocycles. The van der Waals surface area contributed by atoms with Crippen LogP contribution in [0.25, 0.3) is 0 Å². The van der Waals surface area contributed by atoms with Crippen molar-refractivity contribution in [1.29, 1.82) is 0 Å². The normalized spacial score (nSPS) is 21.6. The summed E-state index contributed by atoms with van der Waals surface area (Å²) in [5.41, 5.74) is 4.07. The van der Waals surface area contributed by atoms with Crippen LogP contribution in [0.15, 0.2) is 42.5 Å².